The molecule has 5 nitrogen and oxygen atoms in total. The number of aryl methyl sites for hydroxylation is 1. The van der Waals surface area contributed by atoms with Crippen molar-refractivity contribution in [3.05, 3.63) is 58.9 Å². The number of benzene rings is 1. The van der Waals surface area contributed by atoms with Gasteiger partial charge in [-0.2, -0.15) is 13.2 Å². The number of aliphatic imine (C=N–C) groups is 1. The molecule has 2 atom stereocenters. The number of alkyl halides is 3. The first-order valence-electron chi connectivity index (χ1n) is 9.74. The van der Waals surface area contributed by atoms with E-state index in [9.17, 15) is 18.0 Å². The fourth-order valence-electron chi connectivity index (χ4n) is 3.10. The SMILES string of the molecule is Cc1cccnc1CNC(=O)C(CC(C)C)Oc1ccc(C2C=N2)c(C(F)(F)F)c1. The van der Waals surface area contributed by atoms with Gasteiger partial charge >= 0.3 is 6.18 Å². The number of hydrogen-bond donors (Lipinski definition) is 1. The van der Waals surface area contributed by atoms with Crippen LogP contribution in [0.4, 0.5) is 13.2 Å². The number of amides is 1. The second-order valence-corrected chi connectivity index (χ2v) is 7.71. The number of pyridine rings is 1. The first kappa shape index (κ1) is 21.8. The lowest BCUT2D eigenvalue weighted by atomic mass is 10.0. The molecule has 160 valence electrons. The summed E-state index contributed by atoms with van der Waals surface area (Å²) in [6.07, 6.45) is -1.99. The first-order chi connectivity index (χ1) is 14.1. The van der Waals surface area contributed by atoms with Crippen molar-refractivity contribution in [2.75, 3.05) is 0 Å². The minimum absolute atomic E-state index is 0.00143. The summed E-state index contributed by atoms with van der Waals surface area (Å²) < 4.78 is 46.1. The van der Waals surface area contributed by atoms with Gasteiger partial charge in [0.2, 0.25) is 0 Å². The summed E-state index contributed by atoms with van der Waals surface area (Å²) in [7, 11) is 0. The lowest BCUT2D eigenvalue weighted by molar-refractivity contribution is -0.138. The molecule has 1 aliphatic rings. The van der Waals surface area contributed by atoms with E-state index in [2.05, 4.69) is 15.3 Å². The minimum Gasteiger partial charge on any atom is -0.481 e. The van der Waals surface area contributed by atoms with E-state index in [1.54, 1.807) is 12.3 Å². The third-order valence-corrected chi connectivity index (χ3v) is 4.75. The Labute approximate surface area is 173 Å². The number of nitrogens with one attached hydrogen (secondary N) is 1. The predicted octanol–water partition coefficient (Wildman–Crippen LogP) is 4.64. The summed E-state index contributed by atoms with van der Waals surface area (Å²) >= 11 is 0. The van der Waals surface area contributed by atoms with Crippen LogP contribution in [0.5, 0.6) is 5.75 Å². The molecule has 0 saturated carbocycles. The molecule has 1 amide bonds. The summed E-state index contributed by atoms with van der Waals surface area (Å²) in [5, 5.41) is 2.78. The maximum absolute atomic E-state index is 13.5. The van der Waals surface area contributed by atoms with Crippen molar-refractivity contribution >= 4 is 12.1 Å². The van der Waals surface area contributed by atoms with Gasteiger partial charge in [0, 0.05) is 12.4 Å². The van der Waals surface area contributed by atoms with Crippen LogP contribution in [-0.2, 0) is 17.5 Å². The van der Waals surface area contributed by atoms with Crippen LogP contribution < -0.4 is 10.1 Å². The van der Waals surface area contributed by atoms with E-state index >= 15 is 0 Å². The minimum atomic E-state index is -4.53. The number of rotatable bonds is 8. The summed E-state index contributed by atoms with van der Waals surface area (Å²) in [6.45, 7) is 5.94. The third-order valence-electron chi connectivity index (χ3n) is 4.75. The van der Waals surface area contributed by atoms with Crippen LogP contribution in [0.25, 0.3) is 0 Å². The normalized spacial score (nSPS) is 16.4. The molecule has 2 aromatic rings. The van der Waals surface area contributed by atoms with Crippen molar-refractivity contribution in [2.24, 2.45) is 10.9 Å². The van der Waals surface area contributed by atoms with Gasteiger partial charge in [-0.1, -0.05) is 26.0 Å². The molecular weight excluding hydrogens is 395 g/mol. The molecule has 8 heteroatoms. The standard InChI is InChI=1S/C22H24F3N3O2/c1-13(2)9-20(21(29)28-11-18-14(3)5-4-8-26-18)30-15-6-7-16(19-12-27-19)17(10-15)22(23,24)25/h4-8,10,12-13,19-20H,9,11H2,1-3H3,(H,28,29). The van der Waals surface area contributed by atoms with Gasteiger partial charge in [0.15, 0.2) is 6.10 Å². The van der Waals surface area contributed by atoms with E-state index in [1.165, 1.54) is 18.3 Å². The molecule has 1 aliphatic heterocycles. The summed E-state index contributed by atoms with van der Waals surface area (Å²) in [6, 6.07) is 6.92. The maximum atomic E-state index is 13.5. The van der Waals surface area contributed by atoms with Crippen molar-refractivity contribution in [3.8, 4) is 5.75 Å². The molecule has 0 saturated heterocycles. The third kappa shape index (κ3) is 5.58. The van der Waals surface area contributed by atoms with Crippen LogP contribution in [0.15, 0.2) is 41.5 Å². The molecular formula is C22H24F3N3O2. The predicted molar refractivity (Wildman–Crippen MR) is 107 cm³/mol. The topological polar surface area (TPSA) is 63.6 Å². The Bertz CT molecular complexity index is 935. The second kappa shape index (κ2) is 8.85. The van der Waals surface area contributed by atoms with Crippen molar-refractivity contribution in [1.29, 1.82) is 0 Å². The van der Waals surface area contributed by atoms with E-state index in [0.29, 0.717) is 6.42 Å². The van der Waals surface area contributed by atoms with Gasteiger partial charge in [-0.15, -0.1) is 0 Å². The smallest absolute Gasteiger partial charge is 0.416 e. The van der Waals surface area contributed by atoms with Crippen LogP contribution in [0.2, 0.25) is 0 Å². The largest absolute Gasteiger partial charge is 0.481 e. The maximum Gasteiger partial charge on any atom is 0.416 e. The lowest BCUT2D eigenvalue weighted by Gasteiger charge is -2.22. The molecule has 0 fully saturated rings. The molecule has 1 N–H and O–H groups in total. The van der Waals surface area contributed by atoms with Gasteiger partial charge in [0.1, 0.15) is 11.8 Å². The van der Waals surface area contributed by atoms with Gasteiger partial charge in [-0.05, 0) is 48.6 Å². The van der Waals surface area contributed by atoms with Gasteiger partial charge in [0.25, 0.3) is 5.91 Å². The Morgan fingerprint density at radius 1 is 1.27 bits per heavy atom. The van der Waals surface area contributed by atoms with Crippen LogP contribution in [0.1, 0.15) is 48.7 Å². The number of carbonyl (C=O) groups is 1. The molecule has 1 aromatic heterocycles. The molecule has 0 aliphatic carbocycles. The summed E-state index contributed by atoms with van der Waals surface area (Å²) in [4.78, 5) is 20.8. The summed E-state index contributed by atoms with van der Waals surface area (Å²) in [5.74, 6) is -0.281. The van der Waals surface area contributed by atoms with Crippen LogP contribution in [0.3, 0.4) is 0 Å². The zero-order valence-electron chi connectivity index (χ0n) is 17.0. The van der Waals surface area contributed by atoms with E-state index in [-0.39, 0.29) is 23.8 Å². The highest BCUT2D eigenvalue weighted by Crippen LogP contribution is 2.40. The Balaban J connectivity index is 1.75. The average Bonchev–Trinajstić information content (AvgIpc) is 3.50. The number of hydrogen-bond acceptors (Lipinski definition) is 4. The van der Waals surface area contributed by atoms with Gasteiger partial charge in [0.05, 0.1) is 17.8 Å². The van der Waals surface area contributed by atoms with Gasteiger partial charge in [-0.25, -0.2) is 0 Å². The monoisotopic (exact) mass is 419 g/mol. The number of aromatic nitrogens is 1. The average molecular weight is 419 g/mol. The Hall–Kier alpha value is -2.90. The van der Waals surface area contributed by atoms with Gasteiger partial charge < -0.3 is 10.1 Å². The first-order valence-corrected chi connectivity index (χ1v) is 9.74. The fraction of sp³-hybridized carbons (Fsp3) is 0.409. The van der Waals surface area contributed by atoms with E-state index < -0.39 is 29.8 Å². The fourth-order valence-corrected chi connectivity index (χ4v) is 3.10. The van der Waals surface area contributed by atoms with E-state index in [1.807, 2.05) is 26.8 Å². The molecule has 2 heterocycles. The Kier molecular flexibility index (Phi) is 6.43. The summed E-state index contributed by atoms with van der Waals surface area (Å²) in [5.41, 5.74) is 0.953. The number of halogens is 3. The number of ether oxygens (including phenoxy) is 1. The number of carbonyl (C=O) groups excluding carboxylic acids is 1. The van der Waals surface area contributed by atoms with Crippen molar-refractivity contribution in [2.45, 2.75) is 52.1 Å². The van der Waals surface area contributed by atoms with Crippen LogP contribution >= 0.6 is 0 Å². The highest BCUT2D eigenvalue weighted by atomic mass is 19.4. The molecule has 0 spiro atoms. The van der Waals surface area contributed by atoms with Crippen molar-refractivity contribution in [1.82, 2.24) is 10.3 Å². The molecule has 2 unspecified atom stereocenters. The lowest BCUT2D eigenvalue weighted by Crippen LogP contribution is -2.39. The molecule has 0 radical (unpaired) electrons. The number of nitrogens with zero attached hydrogens (tertiary/aromatic N) is 2. The van der Waals surface area contributed by atoms with E-state index in [0.717, 1.165) is 17.3 Å². The Morgan fingerprint density at radius 3 is 2.60 bits per heavy atom. The van der Waals surface area contributed by atoms with Gasteiger partial charge in [-0.3, -0.25) is 14.8 Å². The zero-order chi connectivity index (χ0) is 21.9. The molecule has 3 rings (SSSR count). The highest BCUT2D eigenvalue weighted by molar-refractivity contribution is 5.81. The molecule has 30 heavy (non-hydrogen) atoms. The highest BCUT2D eigenvalue weighted by Gasteiger charge is 2.37. The van der Waals surface area contributed by atoms with Crippen LogP contribution in [0, 0.1) is 12.8 Å². The quantitative estimate of drug-likeness (QED) is 0.678. The molecule has 1 aromatic carbocycles. The Morgan fingerprint density at radius 2 is 2.00 bits per heavy atom. The van der Waals surface area contributed by atoms with Crippen molar-refractivity contribution < 1.29 is 22.7 Å². The molecule has 0 bridgehead atoms. The van der Waals surface area contributed by atoms with Crippen LogP contribution in [-0.4, -0.2) is 23.2 Å². The van der Waals surface area contributed by atoms with E-state index in [4.69, 9.17) is 4.74 Å². The van der Waals surface area contributed by atoms with Crippen molar-refractivity contribution in [3.63, 3.8) is 0 Å². The zero-order valence-corrected chi connectivity index (χ0v) is 17.0. The second-order valence-electron chi connectivity index (χ2n) is 7.71.